The molecule has 0 bridgehead atoms. The van der Waals surface area contributed by atoms with Gasteiger partial charge in [-0.1, -0.05) is 36.2 Å². The minimum atomic E-state index is -5.08. The average molecular weight is 441 g/mol. The molecule has 0 aromatic heterocycles. The van der Waals surface area contributed by atoms with Crippen LogP contribution in [0.4, 0.5) is 13.2 Å². The van der Waals surface area contributed by atoms with E-state index in [0.717, 1.165) is 32.5 Å². The number of rotatable bonds is 3. The highest BCUT2D eigenvalue weighted by molar-refractivity contribution is 5.80. The molecule has 4 rings (SSSR count). The van der Waals surface area contributed by atoms with E-state index in [1.165, 1.54) is 49.9 Å². The molecule has 3 aliphatic rings. The number of likely N-dealkylation sites (tertiary alicyclic amines) is 2. The Bertz CT molecular complexity index is 767. The fraction of sp³-hybridized carbons (Fsp3) is 0.652. The first kappa shape index (κ1) is 23.6. The Hall–Kier alpha value is -2.09. The van der Waals surface area contributed by atoms with Crippen LogP contribution in [0.15, 0.2) is 24.3 Å². The Labute approximate surface area is 181 Å². The van der Waals surface area contributed by atoms with Gasteiger partial charge in [0.1, 0.15) is 0 Å². The lowest BCUT2D eigenvalue weighted by atomic mass is 9.77. The highest BCUT2D eigenvalue weighted by Crippen LogP contribution is 2.42. The highest BCUT2D eigenvalue weighted by Gasteiger charge is 2.43. The molecule has 2 heterocycles. The summed E-state index contributed by atoms with van der Waals surface area (Å²) >= 11 is 0. The molecule has 1 saturated carbocycles. The van der Waals surface area contributed by atoms with Crippen molar-refractivity contribution in [3.05, 3.63) is 35.4 Å². The van der Waals surface area contributed by atoms with Crippen molar-refractivity contribution >= 4 is 11.9 Å². The molecule has 172 valence electrons. The van der Waals surface area contributed by atoms with Gasteiger partial charge in [-0.05, 0) is 63.1 Å². The van der Waals surface area contributed by atoms with Crippen LogP contribution in [0.3, 0.4) is 0 Å². The van der Waals surface area contributed by atoms with Crippen LogP contribution in [0, 0.1) is 18.3 Å². The van der Waals surface area contributed by atoms with Crippen molar-refractivity contribution in [2.75, 3.05) is 26.2 Å². The van der Waals surface area contributed by atoms with E-state index < -0.39 is 12.1 Å². The summed E-state index contributed by atoms with van der Waals surface area (Å²) in [6, 6.07) is 8.94. The zero-order valence-corrected chi connectivity index (χ0v) is 18.0. The summed E-state index contributed by atoms with van der Waals surface area (Å²) < 4.78 is 31.7. The molecule has 2 saturated heterocycles. The van der Waals surface area contributed by atoms with Gasteiger partial charge in [-0.2, -0.15) is 13.2 Å². The number of amides is 1. The Morgan fingerprint density at radius 2 is 1.61 bits per heavy atom. The zero-order valence-electron chi connectivity index (χ0n) is 18.0. The maximum absolute atomic E-state index is 12.5. The first-order valence-corrected chi connectivity index (χ1v) is 10.9. The van der Waals surface area contributed by atoms with Crippen LogP contribution < -0.4 is 0 Å². The van der Waals surface area contributed by atoms with Crippen molar-refractivity contribution in [1.29, 1.82) is 0 Å². The summed E-state index contributed by atoms with van der Waals surface area (Å²) in [4.78, 5) is 26.2. The fourth-order valence-corrected chi connectivity index (χ4v) is 4.58. The number of carboxylic acid groups (broad SMARTS) is 1. The van der Waals surface area contributed by atoms with E-state index >= 15 is 0 Å². The quantitative estimate of drug-likeness (QED) is 0.764. The number of halogens is 3. The van der Waals surface area contributed by atoms with E-state index in [1.807, 2.05) is 0 Å². The largest absolute Gasteiger partial charge is 0.490 e. The van der Waals surface area contributed by atoms with Gasteiger partial charge >= 0.3 is 12.1 Å². The van der Waals surface area contributed by atoms with E-state index in [9.17, 15) is 18.0 Å². The number of carbonyl (C=O) groups excluding carboxylic acids is 1. The lowest BCUT2D eigenvalue weighted by Gasteiger charge is -2.39. The SMILES string of the molecule is Cc1ccc(CN2CCC3(CC2)CCN(C(=O)C2CCC2)C3)cc1.O=C(O)C(F)(F)F. The third kappa shape index (κ3) is 6.21. The van der Waals surface area contributed by atoms with Gasteiger partial charge in [0.15, 0.2) is 0 Å². The average Bonchev–Trinajstić information content (AvgIpc) is 3.08. The number of benzene rings is 1. The van der Waals surface area contributed by atoms with Gasteiger partial charge in [-0.15, -0.1) is 0 Å². The Morgan fingerprint density at radius 1 is 1.06 bits per heavy atom. The van der Waals surface area contributed by atoms with Gasteiger partial charge in [-0.25, -0.2) is 4.79 Å². The maximum atomic E-state index is 12.5. The van der Waals surface area contributed by atoms with Crippen LogP contribution in [0.1, 0.15) is 49.7 Å². The number of carboxylic acids is 1. The van der Waals surface area contributed by atoms with Gasteiger partial charge in [0, 0.05) is 25.6 Å². The molecule has 5 nitrogen and oxygen atoms in total. The van der Waals surface area contributed by atoms with E-state index in [1.54, 1.807) is 0 Å². The van der Waals surface area contributed by atoms with E-state index in [4.69, 9.17) is 9.90 Å². The number of piperidine rings is 1. The summed E-state index contributed by atoms with van der Waals surface area (Å²) in [7, 11) is 0. The molecule has 0 atom stereocenters. The van der Waals surface area contributed by atoms with Crippen LogP contribution in [-0.4, -0.2) is 59.1 Å². The van der Waals surface area contributed by atoms with Gasteiger partial charge in [0.05, 0.1) is 0 Å². The Morgan fingerprint density at radius 3 is 2.10 bits per heavy atom. The van der Waals surface area contributed by atoms with Crippen molar-refractivity contribution < 1.29 is 27.9 Å². The third-order valence-electron chi connectivity index (χ3n) is 6.89. The molecule has 0 radical (unpaired) electrons. The van der Waals surface area contributed by atoms with Crippen LogP contribution in [0.25, 0.3) is 0 Å². The van der Waals surface area contributed by atoms with Crippen molar-refractivity contribution in [1.82, 2.24) is 9.80 Å². The third-order valence-corrected chi connectivity index (χ3v) is 6.89. The second-order valence-corrected chi connectivity index (χ2v) is 9.20. The van der Waals surface area contributed by atoms with Gasteiger partial charge in [0.25, 0.3) is 0 Å². The van der Waals surface area contributed by atoms with Gasteiger partial charge in [0.2, 0.25) is 5.91 Å². The summed E-state index contributed by atoms with van der Waals surface area (Å²) in [6.07, 6.45) is 2.17. The topological polar surface area (TPSA) is 60.9 Å². The number of carbonyl (C=O) groups is 2. The van der Waals surface area contributed by atoms with Crippen LogP contribution in [-0.2, 0) is 16.1 Å². The predicted octanol–water partition coefficient (Wildman–Crippen LogP) is 4.24. The van der Waals surface area contributed by atoms with E-state index in [2.05, 4.69) is 41.0 Å². The zero-order chi connectivity index (χ0) is 22.6. The summed E-state index contributed by atoms with van der Waals surface area (Å²) in [5.74, 6) is -1.94. The molecule has 1 amide bonds. The molecular weight excluding hydrogens is 409 g/mol. The Balaban J connectivity index is 0.000000339. The van der Waals surface area contributed by atoms with Crippen molar-refractivity contribution in [3.8, 4) is 0 Å². The maximum Gasteiger partial charge on any atom is 0.490 e. The van der Waals surface area contributed by atoms with Crippen LogP contribution in [0.5, 0.6) is 0 Å². The molecule has 1 aromatic carbocycles. The smallest absolute Gasteiger partial charge is 0.475 e. The Kier molecular flexibility index (Phi) is 7.29. The predicted molar refractivity (Wildman–Crippen MR) is 110 cm³/mol. The monoisotopic (exact) mass is 440 g/mol. The second kappa shape index (κ2) is 9.59. The van der Waals surface area contributed by atoms with Crippen molar-refractivity contribution in [3.63, 3.8) is 0 Å². The molecule has 1 N–H and O–H groups in total. The number of aryl methyl sites for hydroxylation is 1. The fourth-order valence-electron chi connectivity index (χ4n) is 4.58. The highest BCUT2D eigenvalue weighted by atomic mass is 19.4. The molecule has 3 fully saturated rings. The van der Waals surface area contributed by atoms with E-state index in [-0.39, 0.29) is 0 Å². The van der Waals surface area contributed by atoms with Gasteiger partial charge in [-0.3, -0.25) is 9.69 Å². The first-order valence-electron chi connectivity index (χ1n) is 10.9. The standard InChI is InChI=1S/C21H30N2O.C2HF3O2/c1-17-5-7-18(8-6-17)15-22-12-9-21(10-13-22)11-14-23(16-21)20(24)19-3-2-4-19;3-2(4,5)1(6)7/h5-8,19H,2-4,9-16H2,1H3;(H,6,7). The van der Waals surface area contributed by atoms with Crippen LogP contribution >= 0.6 is 0 Å². The number of alkyl halides is 3. The molecule has 31 heavy (non-hydrogen) atoms. The molecular formula is C23H31F3N2O3. The number of hydrogen-bond acceptors (Lipinski definition) is 3. The molecule has 0 unspecified atom stereocenters. The van der Waals surface area contributed by atoms with E-state index in [0.29, 0.717) is 17.2 Å². The van der Waals surface area contributed by atoms with Crippen molar-refractivity contribution in [2.24, 2.45) is 11.3 Å². The number of nitrogens with zero attached hydrogens (tertiary/aromatic N) is 2. The van der Waals surface area contributed by atoms with Crippen LogP contribution in [0.2, 0.25) is 0 Å². The molecule has 1 spiro atoms. The normalized spacial score (nSPS) is 21.4. The molecule has 1 aromatic rings. The lowest BCUT2D eigenvalue weighted by Crippen LogP contribution is -2.43. The number of aliphatic carboxylic acids is 1. The van der Waals surface area contributed by atoms with Crippen molar-refractivity contribution in [2.45, 2.75) is 58.2 Å². The minimum Gasteiger partial charge on any atom is -0.475 e. The molecule has 2 aliphatic heterocycles. The molecule has 8 heteroatoms. The summed E-state index contributed by atoms with van der Waals surface area (Å²) in [5, 5.41) is 7.12. The summed E-state index contributed by atoms with van der Waals surface area (Å²) in [6.45, 7) is 7.61. The van der Waals surface area contributed by atoms with Gasteiger partial charge < -0.3 is 10.0 Å². The minimum absolute atomic E-state index is 0.363. The number of hydrogen-bond donors (Lipinski definition) is 1. The second-order valence-electron chi connectivity index (χ2n) is 9.20. The summed E-state index contributed by atoms with van der Waals surface area (Å²) in [5.41, 5.74) is 3.17. The first-order chi connectivity index (χ1) is 14.6. The lowest BCUT2D eigenvalue weighted by molar-refractivity contribution is -0.192. The molecule has 1 aliphatic carbocycles.